The van der Waals surface area contributed by atoms with Crippen LogP contribution in [0.3, 0.4) is 0 Å². The highest BCUT2D eigenvalue weighted by molar-refractivity contribution is 5.93. The Morgan fingerprint density at radius 3 is 2.43 bits per heavy atom. The van der Waals surface area contributed by atoms with Crippen molar-refractivity contribution >= 4 is 23.6 Å². The maximum atomic E-state index is 13.5. The minimum absolute atomic E-state index is 0.325. The van der Waals surface area contributed by atoms with Crippen LogP contribution >= 0.6 is 0 Å². The number of benzene rings is 2. The molecule has 148 valence electrons. The van der Waals surface area contributed by atoms with E-state index >= 15 is 0 Å². The van der Waals surface area contributed by atoms with E-state index in [2.05, 4.69) is 0 Å². The van der Waals surface area contributed by atoms with Crippen LogP contribution in [0.5, 0.6) is 11.5 Å². The topological polar surface area (TPSA) is 73.9 Å². The van der Waals surface area contributed by atoms with Gasteiger partial charge in [-0.25, -0.2) is 13.6 Å². The van der Waals surface area contributed by atoms with Crippen LogP contribution in [-0.2, 0) is 14.3 Å². The Hall–Kier alpha value is -3.42. The van der Waals surface area contributed by atoms with Gasteiger partial charge in [0.05, 0.1) is 7.11 Å². The summed E-state index contributed by atoms with van der Waals surface area (Å²) in [4.78, 5) is 23.5. The molecule has 0 aliphatic carbocycles. The fraction of sp³-hybridized carbons (Fsp3) is 0.200. The molecule has 2 aromatic carbocycles. The lowest BCUT2D eigenvalue weighted by molar-refractivity contribution is -0.149. The normalized spacial score (nSPS) is 10.6. The Morgan fingerprint density at radius 1 is 1.07 bits per heavy atom. The molecule has 1 N–H and O–H groups in total. The van der Waals surface area contributed by atoms with Crippen molar-refractivity contribution in [1.29, 1.82) is 0 Å². The molecule has 0 aliphatic rings. The number of nitrogens with one attached hydrogen (secondary N) is 1. The van der Waals surface area contributed by atoms with E-state index < -0.39 is 42.4 Å². The van der Waals surface area contributed by atoms with Crippen molar-refractivity contribution in [2.45, 2.75) is 6.92 Å². The van der Waals surface area contributed by atoms with Gasteiger partial charge in [0.15, 0.2) is 24.7 Å². The number of anilines is 1. The summed E-state index contributed by atoms with van der Waals surface area (Å²) in [6, 6.07) is 8.30. The second-order valence-electron chi connectivity index (χ2n) is 5.50. The Bertz CT molecular complexity index is 863. The van der Waals surface area contributed by atoms with Crippen molar-refractivity contribution in [2.75, 3.05) is 25.6 Å². The molecule has 6 nitrogen and oxygen atoms in total. The molecule has 0 saturated heterocycles. The zero-order valence-corrected chi connectivity index (χ0v) is 15.3. The Labute approximate surface area is 160 Å². The number of ether oxygens (including phenoxy) is 3. The summed E-state index contributed by atoms with van der Waals surface area (Å²) in [5.74, 6) is -2.83. The summed E-state index contributed by atoms with van der Waals surface area (Å²) >= 11 is 0. The van der Waals surface area contributed by atoms with Gasteiger partial charge in [0.25, 0.3) is 5.91 Å². The molecule has 1 amide bonds. The van der Waals surface area contributed by atoms with E-state index in [9.17, 15) is 18.4 Å². The molecule has 0 unspecified atom stereocenters. The van der Waals surface area contributed by atoms with E-state index in [-0.39, 0.29) is 0 Å². The highest BCUT2D eigenvalue weighted by Crippen LogP contribution is 2.28. The first kappa shape index (κ1) is 20.9. The summed E-state index contributed by atoms with van der Waals surface area (Å²) in [6.07, 6.45) is 3.74. The zero-order chi connectivity index (χ0) is 20.5. The number of esters is 1. The van der Waals surface area contributed by atoms with E-state index in [0.717, 1.165) is 23.8 Å². The molecule has 0 atom stereocenters. The molecule has 0 saturated carbocycles. The number of halogens is 2. The molecule has 0 spiro atoms. The Kier molecular flexibility index (Phi) is 7.50. The molecule has 0 fully saturated rings. The van der Waals surface area contributed by atoms with Crippen LogP contribution < -0.4 is 14.8 Å². The van der Waals surface area contributed by atoms with Gasteiger partial charge in [0.1, 0.15) is 17.3 Å². The van der Waals surface area contributed by atoms with Crippen LogP contribution in [0.1, 0.15) is 12.5 Å². The summed E-state index contributed by atoms with van der Waals surface area (Å²) in [5, 5.41) is 2.01. The van der Waals surface area contributed by atoms with Crippen LogP contribution in [-0.4, -0.2) is 32.2 Å². The average Bonchev–Trinajstić information content (AvgIpc) is 2.68. The molecule has 2 rings (SSSR count). The van der Waals surface area contributed by atoms with Gasteiger partial charge < -0.3 is 19.5 Å². The number of methoxy groups -OCH3 is 1. The van der Waals surface area contributed by atoms with Crippen LogP contribution in [0.2, 0.25) is 0 Å². The lowest BCUT2D eigenvalue weighted by atomic mass is 10.2. The lowest BCUT2D eigenvalue weighted by Crippen LogP contribution is -2.24. The molecule has 0 radical (unpaired) electrons. The van der Waals surface area contributed by atoms with Gasteiger partial charge in [-0.2, -0.15) is 0 Å². The van der Waals surface area contributed by atoms with Gasteiger partial charge in [0.2, 0.25) is 0 Å². The standard InChI is InChI=1S/C20H19F2NO5/c1-3-5-13-8-9-16(17(10-13)26-2)27-12-19(25)28-11-18(24)23-20-14(21)6-4-7-15(20)22/h3-10H,11-12H2,1-2H3,(H,23,24)/b5-3+. The first-order valence-electron chi connectivity index (χ1n) is 8.27. The second-order valence-corrected chi connectivity index (χ2v) is 5.50. The fourth-order valence-corrected chi connectivity index (χ4v) is 2.22. The van der Waals surface area contributed by atoms with Crippen molar-refractivity contribution in [3.8, 4) is 11.5 Å². The maximum Gasteiger partial charge on any atom is 0.344 e. The molecule has 28 heavy (non-hydrogen) atoms. The van der Waals surface area contributed by atoms with Crippen LogP contribution in [0, 0.1) is 11.6 Å². The number of allylic oxidation sites excluding steroid dienone is 1. The monoisotopic (exact) mass is 391 g/mol. The van der Waals surface area contributed by atoms with Crippen molar-refractivity contribution in [2.24, 2.45) is 0 Å². The van der Waals surface area contributed by atoms with Gasteiger partial charge >= 0.3 is 5.97 Å². The van der Waals surface area contributed by atoms with Crippen LogP contribution in [0.25, 0.3) is 6.08 Å². The third-order valence-electron chi connectivity index (χ3n) is 3.48. The van der Waals surface area contributed by atoms with Gasteiger partial charge in [-0.05, 0) is 36.8 Å². The number of carbonyl (C=O) groups is 2. The molecule has 8 heteroatoms. The van der Waals surface area contributed by atoms with E-state index in [1.807, 2.05) is 24.4 Å². The Morgan fingerprint density at radius 2 is 1.79 bits per heavy atom. The van der Waals surface area contributed by atoms with Crippen molar-refractivity contribution in [3.05, 3.63) is 59.7 Å². The lowest BCUT2D eigenvalue weighted by Gasteiger charge is -2.11. The highest BCUT2D eigenvalue weighted by atomic mass is 19.1. The molecule has 0 aliphatic heterocycles. The second kappa shape index (κ2) is 10.1. The van der Waals surface area contributed by atoms with Crippen molar-refractivity contribution < 1.29 is 32.6 Å². The summed E-state index contributed by atoms with van der Waals surface area (Å²) in [6.45, 7) is 0.692. The number of hydrogen-bond acceptors (Lipinski definition) is 5. The number of carbonyl (C=O) groups excluding carboxylic acids is 2. The van der Waals surface area contributed by atoms with Crippen LogP contribution in [0.4, 0.5) is 14.5 Å². The average molecular weight is 391 g/mol. The van der Waals surface area contributed by atoms with E-state index in [1.165, 1.54) is 7.11 Å². The highest BCUT2D eigenvalue weighted by Gasteiger charge is 2.14. The van der Waals surface area contributed by atoms with Gasteiger partial charge in [-0.3, -0.25) is 4.79 Å². The third kappa shape index (κ3) is 5.80. The van der Waals surface area contributed by atoms with E-state index in [1.54, 1.807) is 18.2 Å². The minimum Gasteiger partial charge on any atom is -0.493 e. The third-order valence-corrected chi connectivity index (χ3v) is 3.48. The zero-order valence-electron chi connectivity index (χ0n) is 15.3. The first-order valence-corrected chi connectivity index (χ1v) is 8.27. The molecule has 0 bridgehead atoms. The predicted octanol–water partition coefficient (Wildman–Crippen LogP) is 3.57. The number of para-hydroxylation sites is 1. The quantitative estimate of drug-likeness (QED) is 0.697. The van der Waals surface area contributed by atoms with Gasteiger partial charge in [-0.15, -0.1) is 0 Å². The maximum absolute atomic E-state index is 13.5. The van der Waals surface area contributed by atoms with Crippen molar-refractivity contribution in [3.63, 3.8) is 0 Å². The van der Waals surface area contributed by atoms with E-state index in [4.69, 9.17) is 14.2 Å². The minimum atomic E-state index is -0.934. The fourth-order valence-electron chi connectivity index (χ4n) is 2.22. The van der Waals surface area contributed by atoms with E-state index in [0.29, 0.717) is 11.5 Å². The van der Waals surface area contributed by atoms with Crippen molar-refractivity contribution in [1.82, 2.24) is 0 Å². The number of amides is 1. The summed E-state index contributed by atoms with van der Waals surface area (Å²) in [5.41, 5.74) is 0.289. The molecule has 0 aromatic heterocycles. The number of rotatable bonds is 8. The molecule has 0 heterocycles. The van der Waals surface area contributed by atoms with Crippen LogP contribution in [0.15, 0.2) is 42.5 Å². The predicted molar refractivity (Wildman–Crippen MR) is 99.1 cm³/mol. The first-order chi connectivity index (χ1) is 13.4. The number of hydrogen-bond donors (Lipinski definition) is 1. The molecular weight excluding hydrogens is 372 g/mol. The molecule has 2 aromatic rings. The SMILES string of the molecule is C/C=C/c1ccc(OCC(=O)OCC(=O)Nc2c(F)cccc2F)c(OC)c1. The smallest absolute Gasteiger partial charge is 0.344 e. The summed E-state index contributed by atoms with van der Waals surface area (Å²) < 4.78 is 42.2. The molecular formula is C20H19F2NO5. The Balaban J connectivity index is 1.85. The summed E-state index contributed by atoms with van der Waals surface area (Å²) in [7, 11) is 1.46. The largest absolute Gasteiger partial charge is 0.493 e. The van der Waals surface area contributed by atoms with Gasteiger partial charge in [-0.1, -0.05) is 24.3 Å². The van der Waals surface area contributed by atoms with Gasteiger partial charge in [0, 0.05) is 0 Å².